The number of nitrogens with zero attached hydrogens (tertiary/aromatic N) is 1. The van der Waals surface area contributed by atoms with Gasteiger partial charge in [-0.15, -0.1) is 0 Å². The smallest absolute Gasteiger partial charge is 0.338 e. The number of benzene rings is 2. The number of anilines is 1. The zero-order chi connectivity index (χ0) is 17.7. The van der Waals surface area contributed by atoms with Crippen LogP contribution in [0.2, 0.25) is 0 Å². The number of esters is 1. The summed E-state index contributed by atoms with van der Waals surface area (Å²) in [6.45, 7) is -0.707. The van der Waals surface area contributed by atoms with E-state index in [1.54, 1.807) is 0 Å². The number of ether oxygens (including phenoxy) is 1. The van der Waals surface area contributed by atoms with Gasteiger partial charge in [0.2, 0.25) is 0 Å². The van der Waals surface area contributed by atoms with Crippen LogP contribution in [-0.4, -0.2) is 28.5 Å². The fourth-order valence-electron chi connectivity index (χ4n) is 1.72. The topological polar surface area (TPSA) is 119 Å². The number of amides is 1. The lowest BCUT2D eigenvalue weighted by atomic mass is 10.2. The average molecular weight is 334 g/mol. The van der Waals surface area contributed by atoms with Crippen molar-refractivity contribution >= 4 is 23.3 Å². The van der Waals surface area contributed by atoms with Gasteiger partial charge < -0.3 is 15.2 Å². The number of phenols is 1. The minimum atomic E-state index is -0.862. The van der Waals surface area contributed by atoms with Crippen molar-refractivity contribution in [3.63, 3.8) is 0 Å². The van der Waals surface area contributed by atoms with Gasteiger partial charge in [-0.3, -0.25) is 14.9 Å². The van der Waals surface area contributed by atoms with Gasteiger partial charge in [-0.25, -0.2) is 9.18 Å². The van der Waals surface area contributed by atoms with Crippen molar-refractivity contribution in [3.8, 4) is 5.75 Å². The molecule has 124 valence electrons. The van der Waals surface area contributed by atoms with Crippen LogP contribution in [-0.2, 0) is 9.53 Å². The zero-order valence-corrected chi connectivity index (χ0v) is 12.1. The maximum Gasteiger partial charge on any atom is 0.338 e. The molecule has 24 heavy (non-hydrogen) atoms. The van der Waals surface area contributed by atoms with Crippen LogP contribution in [0.5, 0.6) is 5.75 Å². The molecule has 0 aliphatic rings. The number of carbonyl (C=O) groups is 2. The Morgan fingerprint density at radius 1 is 1.21 bits per heavy atom. The van der Waals surface area contributed by atoms with E-state index in [0.29, 0.717) is 0 Å². The quantitative estimate of drug-likeness (QED) is 0.492. The number of rotatable bonds is 5. The molecule has 2 N–H and O–H groups in total. The maximum absolute atomic E-state index is 13.5. The summed E-state index contributed by atoms with van der Waals surface area (Å²) in [5.74, 6) is -2.57. The van der Waals surface area contributed by atoms with Crippen LogP contribution >= 0.6 is 0 Å². The lowest BCUT2D eigenvalue weighted by Gasteiger charge is -2.07. The van der Waals surface area contributed by atoms with Crippen molar-refractivity contribution in [3.05, 3.63) is 64.0 Å². The van der Waals surface area contributed by atoms with Crippen LogP contribution in [0, 0.1) is 15.9 Å². The van der Waals surface area contributed by atoms with Gasteiger partial charge in [-0.2, -0.15) is 0 Å². The number of non-ortho nitro benzene ring substituents is 1. The monoisotopic (exact) mass is 334 g/mol. The highest BCUT2D eigenvalue weighted by atomic mass is 19.1. The summed E-state index contributed by atoms with van der Waals surface area (Å²) in [6.07, 6.45) is 0. The van der Waals surface area contributed by atoms with Gasteiger partial charge in [0, 0.05) is 12.1 Å². The SMILES string of the molecule is O=C(COC(=O)c1ccc(O)cc1)Nc1cc([N+](=O)[O-])ccc1F. The summed E-state index contributed by atoms with van der Waals surface area (Å²) in [5, 5.41) is 21.8. The second kappa shape index (κ2) is 7.18. The third-order valence-electron chi connectivity index (χ3n) is 2.87. The molecule has 0 saturated carbocycles. The number of halogens is 1. The fourth-order valence-corrected chi connectivity index (χ4v) is 1.72. The molecular weight excluding hydrogens is 323 g/mol. The Kier molecular flexibility index (Phi) is 5.05. The molecule has 0 unspecified atom stereocenters. The van der Waals surface area contributed by atoms with Crippen LogP contribution in [0.3, 0.4) is 0 Å². The molecule has 0 aliphatic heterocycles. The fraction of sp³-hybridized carbons (Fsp3) is 0.0667. The largest absolute Gasteiger partial charge is 0.508 e. The van der Waals surface area contributed by atoms with Crippen LogP contribution in [0.15, 0.2) is 42.5 Å². The number of phenolic OH excluding ortho intramolecular Hbond substituents is 1. The van der Waals surface area contributed by atoms with Crippen LogP contribution in [0.4, 0.5) is 15.8 Å². The Bertz CT molecular complexity index is 791. The van der Waals surface area contributed by atoms with Crippen molar-refractivity contribution in [2.75, 3.05) is 11.9 Å². The molecule has 8 nitrogen and oxygen atoms in total. The van der Waals surface area contributed by atoms with Gasteiger partial charge >= 0.3 is 5.97 Å². The Hall–Kier alpha value is -3.49. The predicted molar refractivity (Wildman–Crippen MR) is 80.1 cm³/mol. The van der Waals surface area contributed by atoms with Crippen molar-refractivity contribution in [2.24, 2.45) is 0 Å². The summed E-state index contributed by atoms with van der Waals surface area (Å²) in [4.78, 5) is 33.2. The second-order valence-electron chi connectivity index (χ2n) is 4.59. The average Bonchev–Trinajstić information content (AvgIpc) is 2.55. The molecule has 2 rings (SSSR count). The Balaban J connectivity index is 1.96. The van der Waals surface area contributed by atoms with Gasteiger partial charge in [-0.1, -0.05) is 0 Å². The normalized spacial score (nSPS) is 10.0. The molecule has 2 aromatic carbocycles. The number of carbonyl (C=O) groups excluding carboxylic acids is 2. The molecule has 0 aromatic heterocycles. The van der Waals surface area contributed by atoms with E-state index in [1.807, 2.05) is 0 Å². The molecule has 0 saturated heterocycles. The first-order valence-electron chi connectivity index (χ1n) is 6.57. The molecule has 9 heteroatoms. The van der Waals surface area contributed by atoms with E-state index in [2.05, 4.69) is 5.32 Å². The van der Waals surface area contributed by atoms with E-state index < -0.39 is 40.6 Å². The number of nitrogens with one attached hydrogen (secondary N) is 1. The zero-order valence-electron chi connectivity index (χ0n) is 12.1. The molecule has 1 amide bonds. The minimum absolute atomic E-state index is 0.0366. The van der Waals surface area contributed by atoms with E-state index >= 15 is 0 Å². The first-order valence-corrected chi connectivity index (χ1v) is 6.57. The first kappa shape index (κ1) is 16.9. The third kappa shape index (κ3) is 4.26. The van der Waals surface area contributed by atoms with Crippen molar-refractivity contribution < 1.29 is 28.7 Å². The van der Waals surface area contributed by atoms with Crippen LogP contribution in [0.1, 0.15) is 10.4 Å². The second-order valence-corrected chi connectivity index (χ2v) is 4.59. The number of hydrogen-bond acceptors (Lipinski definition) is 6. The van der Waals surface area contributed by atoms with Gasteiger partial charge in [0.15, 0.2) is 6.61 Å². The van der Waals surface area contributed by atoms with Gasteiger partial charge in [0.1, 0.15) is 11.6 Å². The summed E-state index contributed by atoms with van der Waals surface area (Å²) in [5.41, 5.74) is -0.676. The van der Waals surface area contributed by atoms with Crippen LogP contribution < -0.4 is 5.32 Å². The van der Waals surface area contributed by atoms with Crippen molar-refractivity contribution in [2.45, 2.75) is 0 Å². The number of nitro benzene ring substituents is 1. The highest BCUT2D eigenvalue weighted by Gasteiger charge is 2.15. The maximum atomic E-state index is 13.5. The molecule has 0 atom stereocenters. The summed E-state index contributed by atoms with van der Waals surface area (Å²) < 4.78 is 18.3. The molecule has 0 bridgehead atoms. The molecule has 2 aromatic rings. The van der Waals surface area contributed by atoms with Crippen molar-refractivity contribution in [1.29, 1.82) is 0 Å². The number of nitro groups is 1. The standard InChI is InChI=1S/C15H11FN2O6/c16-12-6-3-10(18(22)23)7-13(12)17-14(20)8-24-15(21)9-1-4-11(19)5-2-9/h1-7,19H,8H2,(H,17,20). The van der Waals surface area contributed by atoms with Gasteiger partial charge in [0.05, 0.1) is 16.2 Å². The molecule has 0 spiro atoms. The summed E-state index contributed by atoms with van der Waals surface area (Å²) in [6, 6.07) is 7.80. The third-order valence-corrected chi connectivity index (χ3v) is 2.87. The van der Waals surface area contributed by atoms with E-state index in [1.165, 1.54) is 24.3 Å². The van der Waals surface area contributed by atoms with Crippen molar-refractivity contribution in [1.82, 2.24) is 0 Å². The Morgan fingerprint density at radius 2 is 1.88 bits per heavy atom. The first-order chi connectivity index (χ1) is 11.4. The van der Waals surface area contributed by atoms with Crippen LogP contribution in [0.25, 0.3) is 0 Å². The lowest BCUT2D eigenvalue weighted by molar-refractivity contribution is -0.384. The minimum Gasteiger partial charge on any atom is -0.508 e. The predicted octanol–water partition coefficient (Wildman–Crippen LogP) is 2.23. The van der Waals surface area contributed by atoms with E-state index in [0.717, 1.165) is 18.2 Å². The Morgan fingerprint density at radius 3 is 2.50 bits per heavy atom. The van der Waals surface area contributed by atoms with E-state index in [4.69, 9.17) is 9.84 Å². The number of aromatic hydroxyl groups is 1. The molecule has 0 heterocycles. The Labute approximate surface area is 134 Å². The lowest BCUT2D eigenvalue weighted by Crippen LogP contribution is -2.21. The molecular formula is C15H11FN2O6. The highest BCUT2D eigenvalue weighted by molar-refractivity contribution is 5.95. The molecule has 0 radical (unpaired) electrons. The van der Waals surface area contributed by atoms with Gasteiger partial charge in [0.25, 0.3) is 11.6 Å². The highest BCUT2D eigenvalue weighted by Crippen LogP contribution is 2.21. The molecule has 0 fully saturated rings. The van der Waals surface area contributed by atoms with Gasteiger partial charge in [-0.05, 0) is 30.3 Å². The summed E-state index contributed by atoms with van der Waals surface area (Å²) >= 11 is 0. The summed E-state index contributed by atoms with van der Waals surface area (Å²) in [7, 11) is 0. The van der Waals surface area contributed by atoms with E-state index in [9.17, 15) is 24.1 Å². The number of hydrogen-bond donors (Lipinski definition) is 2. The molecule has 0 aliphatic carbocycles. The van der Waals surface area contributed by atoms with E-state index in [-0.39, 0.29) is 11.3 Å².